The first-order chi connectivity index (χ1) is 18.3. The molecule has 2 aliphatic rings. The van der Waals surface area contributed by atoms with Gasteiger partial charge >= 0.3 is 0 Å². The molecule has 0 atom stereocenters. The molecule has 1 aliphatic carbocycles. The van der Waals surface area contributed by atoms with E-state index in [1.807, 2.05) is 27.8 Å². The van der Waals surface area contributed by atoms with Crippen LogP contribution in [-0.2, 0) is 11.3 Å². The molecule has 1 aliphatic heterocycles. The average Bonchev–Trinajstić information content (AvgIpc) is 3.57. The summed E-state index contributed by atoms with van der Waals surface area (Å²) in [7, 11) is 3.48. The summed E-state index contributed by atoms with van der Waals surface area (Å²) in [5.41, 5.74) is 7.77. The molecule has 204 valence electrons. The molecule has 4 rings (SSSR count). The fraction of sp³-hybridized carbons (Fsp3) is 0.481. The normalized spacial score (nSPS) is 16.3. The van der Waals surface area contributed by atoms with E-state index in [0.29, 0.717) is 41.8 Å². The van der Waals surface area contributed by atoms with Crippen LogP contribution in [0.4, 0.5) is 11.6 Å². The SMILES string of the molecule is C=C(Nc1ccc(CN2CCN(C(=O)CN)CC2)cn1)Nc1c(C=N)cc(C(=O)N(C)C)n1C1CCCC1. The number of anilines is 2. The maximum atomic E-state index is 12.9. The van der Waals surface area contributed by atoms with Gasteiger partial charge in [-0.2, -0.15) is 0 Å². The summed E-state index contributed by atoms with van der Waals surface area (Å²) >= 11 is 0. The molecule has 3 heterocycles. The molecule has 11 nitrogen and oxygen atoms in total. The standard InChI is InChI=1S/C27H39N9O2/c1-19(31-24-9-8-20(17-30-24)18-34-10-12-35(13-11-34)25(37)16-29)32-26-21(15-28)14-23(27(38)33(2)3)36(26)22-6-4-5-7-22/h8-9,14-15,17,22,28,32H,1,4-7,10-13,16,18,29H2,2-3H3,(H,30,31). The second-order valence-electron chi connectivity index (χ2n) is 10.1. The van der Waals surface area contributed by atoms with Crippen molar-refractivity contribution in [2.45, 2.75) is 38.3 Å². The highest BCUT2D eigenvalue weighted by Gasteiger charge is 2.28. The first kappa shape index (κ1) is 27.3. The largest absolute Gasteiger partial charge is 0.343 e. The molecule has 0 spiro atoms. The molecule has 2 aromatic heterocycles. The third kappa shape index (κ3) is 6.22. The van der Waals surface area contributed by atoms with Crippen molar-refractivity contribution in [1.29, 1.82) is 5.41 Å². The van der Waals surface area contributed by atoms with Gasteiger partial charge in [0.2, 0.25) is 5.91 Å². The second kappa shape index (κ2) is 12.2. The van der Waals surface area contributed by atoms with Gasteiger partial charge in [0.15, 0.2) is 0 Å². The minimum absolute atomic E-state index is 0.000598. The Morgan fingerprint density at radius 2 is 1.89 bits per heavy atom. The zero-order valence-electron chi connectivity index (χ0n) is 22.4. The van der Waals surface area contributed by atoms with Crippen LogP contribution in [0.15, 0.2) is 36.8 Å². The van der Waals surface area contributed by atoms with Crippen LogP contribution in [0, 0.1) is 5.41 Å². The van der Waals surface area contributed by atoms with E-state index in [0.717, 1.165) is 50.9 Å². The molecular weight excluding hydrogens is 482 g/mol. The van der Waals surface area contributed by atoms with Crippen molar-refractivity contribution in [2.24, 2.45) is 5.73 Å². The zero-order chi connectivity index (χ0) is 27.2. The third-order valence-electron chi connectivity index (χ3n) is 7.22. The van der Waals surface area contributed by atoms with Gasteiger partial charge in [0.1, 0.15) is 23.2 Å². The highest BCUT2D eigenvalue weighted by molar-refractivity contribution is 5.98. The lowest BCUT2D eigenvalue weighted by Crippen LogP contribution is -2.49. The summed E-state index contributed by atoms with van der Waals surface area (Å²) in [6, 6.07) is 5.91. The van der Waals surface area contributed by atoms with Crippen LogP contribution >= 0.6 is 0 Å². The van der Waals surface area contributed by atoms with Crippen LogP contribution in [-0.4, -0.2) is 89.1 Å². The molecule has 2 amide bonds. The van der Waals surface area contributed by atoms with E-state index in [2.05, 4.69) is 27.1 Å². The molecule has 0 unspecified atom stereocenters. The Labute approximate surface area is 224 Å². The number of carbonyl (C=O) groups is 2. The van der Waals surface area contributed by atoms with Crippen molar-refractivity contribution in [3.05, 3.63) is 53.6 Å². The van der Waals surface area contributed by atoms with Gasteiger partial charge in [-0.15, -0.1) is 0 Å². The number of carbonyl (C=O) groups excluding carboxylic acids is 2. The minimum Gasteiger partial charge on any atom is -0.343 e. The Morgan fingerprint density at radius 1 is 1.18 bits per heavy atom. The van der Waals surface area contributed by atoms with Crippen molar-refractivity contribution >= 4 is 29.7 Å². The predicted octanol–water partition coefficient (Wildman–Crippen LogP) is 2.30. The molecule has 2 fully saturated rings. The Balaban J connectivity index is 1.41. The van der Waals surface area contributed by atoms with Crippen molar-refractivity contribution in [2.75, 3.05) is 57.5 Å². The van der Waals surface area contributed by atoms with Crippen LogP contribution in [0.1, 0.15) is 53.3 Å². The summed E-state index contributed by atoms with van der Waals surface area (Å²) in [6.45, 7) is 7.94. The lowest BCUT2D eigenvalue weighted by Gasteiger charge is -2.34. The first-order valence-electron chi connectivity index (χ1n) is 13.2. The van der Waals surface area contributed by atoms with Crippen LogP contribution in [0.25, 0.3) is 0 Å². The third-order valence-corrected chi connectivity index (χ3v) is 7.22. The highest BCUT2D eigenvalue weighted by Crippen LogP contribution is 2.36. The van der Waals surface area contributed by atoms with E-state index in [9.17, 15) is 9.59 Å². The Morgan fingerprint density at radius 3 is 2.47 bits per heavy atom. The van der Waals surface area contributed by atoms with Gasteiger partial charge in [0, 0.05) is 70.8 Å². The monoisotopic (exact) mass is 521 g/mol. The fourth-order valence-corrected chi connectivity index (χ4v) is 5.19. The number of hydrogen-bond donors (Lipinski definition) is 4. The maximum absolute atomic E-state index is 12.9. The van der Waals surface area contributed by atoms with E-state index < -0.39 is 0 Å². The molecular formula is C27H39N9O2. The number of nitrogens with zero attached hydrogens (tertiary/aromatic N) is 5. The van der Waals surface area contributed by atoms with E-state index >= 15 is 0 Å². The average molecular weight is 522 g/mol. The molecule has 5 N–H and O–H groups in total. The smallest absolute Gasteiger partial charge is 0.270 e. The summed E-state index contributed by atoms with van der Waals surface area (Å²) < 4.78 is 2.04. The zero-order valence-corrected chi connectivity index (χ0v) is 22.4. The lowest BCUT2D eigenvalue weighted by molar-refractivity contribution is -0.131. The Hall–Kier alpha value is -3.70. The fourth-order valence-electron chi connectivity index (χ4n) is 5.19. The number of piperazine rings is 1. The highest BCUT2D eigenvalue weighted by atomic mass is 16.2. The number of pyridine rings is 1. The lowest BCUT2D eigenvalue weighted by atomic mass is 10.2. The van der Waals surface area contributed by atoms with E-state index in [-0.39, 0.29) is 24.4 Å². The van der Waals surface area contributed by atoms with E-state index in [1.165, 1.54) is 6.21 Å². The van der Waals surface area contributed by atoms with Gasteiger partial charge in [-0.1, -0.05) is 25.5 Å². The van der Waals surface area contributed by atoms with Gasteiger partial charge < -0.3 is 36.1 Å². The number of aromatic nitrogens is 2. The van der Waals surface area contributed by atoms with E-state index in [4.69, 9.17) is 11.1 Å². The molecule has 0 radical (unpaired) electrons. The van der Waals surface area contributed by atoms with Gasteiger partial charge in [-0.05, 0) is 30.5 Å². The number of nitrogens with one attached hydrogen (secondary N) is 3. The van der Waals surface area contributed by atoms with Gasteiger partial charge in [-0.3, -0.25) is 14.5 Å². The van der Waals surface area contributed by atoms with E-state index in [1.54, 1.807) is 25.1 Å². The van der Waals surface area contributed by atoms with Crippen molar-refractivity contribution < 1.29 is 9.59 Å². The summed E-state index contributed by atoms with van der Waals surface area (Å²) in [5.74, 6) is 1.76. The van der Waals surface area contributed by atoms with Gasteiger partial charge in [-0.25, -0.2) is 4.98 Å². The van der Waals surface area contributed by atoms with Crippen LogP contribution in [0.3, 0.4) is 0 Å². The summed E-state index contributed by atoms with van der Waals surface area (Å²) in [6.07, 6.45) is 7.34. The molecule has 38 heavy (non-hydrogen) atoms. The van der Waals surface area contributed by atoms with Crippen molar-refractivity contribution in [1.82, 2.24) is 24.3 Å². The maximum Gasteiger partial charge on any atom is 0.270 e. The number of rotatable bonds is 10. The molecule has 2 aromatic rings. The van der Waals surface area contributed by atoms with Gasteiger partial charge in [0.05, 0.1) is 6.54 Å². The summed E-state index contributed by atoms with van der Waals surface area (Å²) in [5, 5.41) is 14.5. The minimum atomic E-state index is -0.0868. The van der Waals surface area contributed by atoms with Crippen molar-refractivity contribution in [3.63, 3.8) is 0 Å². The molecule has 1 saturated heterocycles. The Kier molecular flexibility index (Phi) is 8.80. The van der Waals surface area contributed by atoms with Crippen LogP contribution < -0.4 is 16.4 Å². The van der Waals surface area contributed by atoms with Gasteiger partial charge in [0.25, 0.3) is 5.91 Å². The molecule has 1 saturated carbocycles. The van der Waals surface area contributed by atoms with Crippen LogP contribution in [0.5, 0.6) is 0 Å². The molecule has 0 bridgehead atoms. The predicted molar refractivity (Wildman–Crippen MR) is 149 cm³/mol. The second-order valence-corrected chi connectivity index (χ2v) is 10.1. The topological polar surface area (TPSA) is 136 Å². The first-order valence-corrected chi connectivity index (χ1v) is 13.2. The summed E-state index contributed by atoms with van der Waals surface area (Å²) in [4.78, 5) is 34.9. The number of hydrogen-bond acceptors (Lipinski definition) is 8. The number of amides is 2. The van der Waals surface area contributed by atoms with Crippen LogP contribution in [0.2, 0.25) is 0 Å². The number of nitrogens with two attached hydrogens (primary N) is 1. The Bertz CT molecular complexity index is 1160. The quantitative estimate of drug-likeness (QED) is 0.352. The molecule has 0 aromatic carbocycles. The van der Waals surface area contributed by atoms with Crippen molar-refractivity contribution in [3.8, 4) is 0 Å². The molecule has 11 heteroatoms.